The summed E-state index contributed by atoms with van der Waals surface area (Å²) < 4.78 is 13.6. The SMILES string of the molecule is Cc1ccc(C(N)CCN2CCCC(C)(C)CC2)cc1F. The van der Waals surface area contributed by atoms with Crippen LogP contribution in [0.1, 0.15) is 56.7 Å². The molecular weight excluding hydrogens is 263 g/mol. The Kier molecular flexibility index (Phi) is 5.39. The van der Waals surface area contributed by atoms with Gasteiger partial charge in [-0.05, 0) is 74.8 Å². The van der Waals surface area contributed by atoms with Gasteiger partial charge in [0, 0.05) is 6.04 Å². The Morgan fingerprint density at radius 1 is 1.29 bits per heavy atom. The average Bonchev–Trinajstić information content (AvgIpc) is 2.60. The van der Waals surface area contributed by atoms with Crippen molar-refractivity contribution in [2.45, 2.75) is 52.5 Å². The largest absolute Gasteiger partial charge is 0.324 e. The summed E-state index contributed by atoms with van der Waals surface area (Å²) >= 11 is 0. The van der Waals surface area contributed by atoms with Crippen LogP contribution in [0.3, 0.4) is 0 Å². The molecule has 1 aliphatic rings. The van der Waals surface area contributed by atoms with Crippen LogP contribution in [0.25, 0.3) is 0 Å². The number of hydrogen-bond donors (Lipinski definition) is 1. The number of hydrogen-bond acceptors (Lipinski definition) is 2. The van der Waals surface area contributed by atoms with Crippen LogP contribution >= 0.6 is 0 Å². The first-order valence-corrected chi connectivity index (χ1v) is 8.11. The van der Waals surface area contributed by atoms with E-state index in [1.54, 1.807) is 13.0 Å². The molecule has 1 unspecified atom stereocenters. The average molecular weight is 292 g/mol. The van der Waals surface area contributed by atoms with E-state index in [0.29, 0.717) is 11.0 Å². The molecule has 0 aliphatic carbocycles. The van der Waals surface area contributed by atoms with Gasteiger partial charge in [-0.2, -0.15) is 0 Å². The Morgan fingerprint density at radius 2 is 2.05 bits per heavy atom. The van der Waals surface area contributed by atoms with E-state index in [1.165, 1.54) is 25.8 Å². The van der Waals surface area contributed by atoms with E-state index in [0.717, 1.165) is 25.1 Å². The van der Waals surface area contributed by atoms with E-state index < -0.39 is 0 Å². The van der Waals surface area contributed by atoms with Gasteiger partial charge in [0.25, 0.3) is 0 Å². The lowest BCUT2D eigenvalue weighted by Crippen LogP contribution is -2.29. The second-order valence-corrected chi connectivity index (χ2v) is 7.26. The van der Waals surface area contributed by atoms with Gasteiger partial charge in [0.2, 0.25) is 0 Å². The summed E-state index contributed by atoms with van der Waals surface area (Å²) in [6.07, 6.45) is 4.71. The quantitative estimate of drug-likeness (QED) is 0.907. The van der Waals surface area contributed by atoms with Crippen LogP contribution < -0.4 is 5.73 Å². The van der Waals surface area contributed by atoms with E-state index >= 15 is 0 Å². The maximum atomic E-state index is 13.6. The van der Waals surface area contributed by atoms with Crippen LogP contribution in [0.2, 0.25) is 0 Å². The summed E-state index contributed by atoms with van der Waals surface area (Å²) in [6, 6.07) is 5.29. The third kappa shape index (κ3) is 4.79. The molecule has 0 saturated carbocycles. The van der Waals surface area contributed by atoms with E-state index in [2.05, 4.69) is 18.7 Å². The molecule has 1 atom stereocenters. The Bertz CT molecular complexity index is 470. The highest BCUT2D eigenvalue weighted by atomic mass is 19.1. The Morgan fingerprint density at radius 3 is 2.76 bits per heavy atom. The molecule has 1 aromatic rings. The highest BCUT2D eigenvalue weighted by Gasteiger charge is 2.23. The van der Waals surface area contributed by atoms with Gasteiger partial charge in [-0.15, -0.1) is 0 Å². The van der Waals surface area contributed by atoms with Crippen molar-refractivity contribution in [2.24, 2.45) is 11.1 Å². The molecular formula is C18H29FN2. The lowest BCUT2D eigenvalue weighted by atomic mass is 9.85. The van der Waals surface area contributed by atoms with Crippen molar-refractivity contribution in [3.63, 3.8) is 0 Å². The molecule has 2 N–H and O–H groups in total. The molecule has 1 aliphatic heterocycles. The minimum atomic E-state index is -0.153. The monoisotopic (exact) mass is 292 g/mol. The normalized spacial score (nSPS) is 21.0. The number of halogens is 1. The van der Waals surface area contributed by atoms with Gasteiger partial charge in [0.1, 0.15) is 5.82 Å². The van der Waals surface area contributed by atoms with Gasteiger partial charge in [-0.1, -0.05) is 26.0 Å². The first kappa shape index (κ1) is 16.4. The maximum absolute atomic E-state index is 13.6. The van der Waals surface area contributed by atoms with Gasteiger partial charge >= 0.3 is 0 Å². The fourth-order valence-corrected chi connectivity index (χ4v) is 3.03. The number of aryl methyl sites for hydroxylation is 1. The van der Waals surface area contributed by atoms with Gasteiger partial charge in [-0.3, -0.25) is 0 Å². The van der Waals surface area contributed by atoms with Crippen molar-refractivity contribution in [3.8, 4) is 0 Å². The summed E-state index contributed by atoms with van der Waals surface area (Å²) in [7, 11) is 0. The number of nitrogens with two attached hydrogens (primary N) is 1. The minimum Gasteiger partial charge on any atom is -0.324 e. The van der Waals surface area contributed by atoms with Crippen molar-refractivity contribution >= 4 is 0 Å². The molecule has 21 heavy (non-hydrogen) atoms. The second kappa shape index (κ2) is 6.89. The topological polar surface area (TPSA) is 29.3 Å². The zero-order valence-corrected chi connectivity index (χ0v) is 13.7. The molecule has 0 aromatic heterocycles. The molecule has 0 radical (unpaired) electrons. The van der Waals surface area contributed by atoms with Gasteiger partial charge < -0.3 is 10.6 Å². The smallest absolute Gasteiger partial charge is 0.126 e. The maximum Gasteiger partial charge on any atom is 0.126 e. The Hall–Kier alpha value is -0.930. The standard InChI is InChI=1S/C18H29FN2/c1-14-5-6-15(13-16(14)19)17(20)7-11-21-10-4-8-18(2,3)9-12-21/h5-6,13,17H,4,7-12,20H2,1-3H3. The van der Waals surface area contributed by atoms with E-state index in [-0.39, 0.29) is 11.9 Å². The molecule has 0 spiro atoms. The van der Waals surface area contributed by atoms with Crippen molar-refractivity contribution < 1.29 is 4.39 Å². The number of nitrogens with zero attached hydrogens (tertiary/aromatic N) is 1. The van der Waals surface area contributed by atoms with Crippen LogP contribution in [-0.4, -0.2) is 24.5 Å². The van der Waals surface area contributed by atoms with Crippen molar-refractivity contribution in [1.82, 2.24) is 4.90 Å². The third-order valence-electron chi connectivity index (χ3n) is 4.81. The van der Waals surface area contributed by atoms with Gasteiger partial charge in [-0.25, -0.2) is 4.39 Å². The van der Waals surface area contributed by atoms with E-state index in [4.69, 9.17) is 5.73 Å². The van der Waals surface area contributed by atoms with Crippen molar-refractivity contribution in [1.29, 1.82) is 0 Å². The molecule has 1 saturated heterocycles. The second-order valence-electron chi connectivity index (χ2n) is 7.26. The summed E-state index contributed by atoms with van der Waals surface area (Å²) in [5.74, 6) is -0.153. The number of benzene rings is 1. The summed E-state index contributed by atoms with van der Waals surface area (Å²) in [6.45, 7) is 9.82. The highest BCUT2D eigenvalue weighted by Crippen LogP contribution is 2.30. The molecule has 1 heterocycles. The molecule has 1 fully saturated rings. The first-order valence-electron chi connectivity index (χ1n) is 8.11. The molecule has 3 heteroatoms. The van der Waals surface area contributed by atoms with Crippen molar-refractivity contribution in [2.75, 3.05) is 19.6 Å². The Labute approximate surface area is 128 Å². The summed E-state index contributed by atoms with van der Waals surface area (Å²) in [5, 5.41) is 0. The molecule has 0 bridgehead atoms. The van der Waals surface area contributed by atoms with Crippen LogP contribution in [0.4, 0.5) is 4.39 Å². The number of rotatable bonds is 4. The first-order chi connectivity index (χ1) is 9.87. The summed E-state index contributed by atoms with van der Waals surface area (Å²) in [5.41, 5.74) is 8.29. The van der Waals surface area contributed by atoms with Gasteiger partial charge in [0.05, 0.1) is 0 Å². The minimum absolute atomic E-state index is 0.0728. The van der Waals surface area contributed by atoms with Crippen LogP contribution in [-0.2, 0) is 0 Å². The third-order valence-corrected chi connectivity index (χ3v) is 4.81. The van der Waals surface area contributed by atoms with Crippen LogP contribution in [0.15, 0.2) is 18.2 Å². The Balaban J connectivity index is 1.86. The molecule has 0 amide bonds. The predicted octanol–water partition coefficient (Wildman–Crippen LogP) is 4.04. The zero-order chi connectivity index (χ0) is 15.5. The van der Waals surface area contributed by atoms with Crippen LogP contribution in [0, 0.1) is 18.2 Å². The van der Waals surface area contributed by atoms with E-state index in [1.807, 2.05) is 12.1 Å². The lowest BCUT2D eigenvalue weighted by molar-refractivity contribution is 0.254. The lowest BCUT2D eigenvalue weighted by Gasteiger charge is -2.24. The highest BCUT2D eigenvalue weighted by molar-refractivity contribution is 5.25. The van der Waals surface area contributed by atoms with Crippen molar-refractivity contribution in [3.05, 3.63) is 35.1 Å². The fraction of sp³-hybridized carbons (Fsp3) is 0.667. The summed E-state index contributed by atoms with van der Waals surface area (Å²) in [4.78, 5) is 2.51. The van der Waals surface area contributed by atoms with Crippen LogP contribution in [0.5, 0.6) is 0 Å². The molecule has 2 rings (SSSR count). The zero-order valence-electron chi connectivity index (χ0n) is 13.7. The van der Waals surface area contributed by atoms with Gasteiger partial charge in [0.15, 0.2) is 0 Å². The predicted molar refractivity (Wildman–Crippen MR) is 86.8 cm³/mol. The fourth-order valence-electron chi connectivity index (χ4n) is 3.03. The molecule has 1 aromatic carbocycles. The molecule has 2 nitrogen and oxygen atoms in total. The number of likely N-dealkylation sites (tertiary alicyclic amines) is 1. The molecule has 118 valence electrons. The van der Waals surface area contributed by atoms with E-state index in [9.17, 15) is 4.39 Å².